The Labute approximate surface area is 71.0 Å². The van der Waals surface area contributed by atoms with Crippen molar-refractivity contribution in [2.24, 2.45) is 0 Å². The summed E-state index contributed by atoms with van der Waals surface area (Å²) in [7, 11) is 0. The third-order valence-corrected chi connectivity index (χ3v) is 2.03. The molecule has 0 saturated heterocycles. The van der Waals surface area contributed by atoms with E-state index in [1.165, 1.54) is 30.4 Å². The minimum atomic E-state index is 1.17. The minimum Gasteiger partial charge on any atom is -0.0843 e. The highest BCUT2D eigenvalue weighted by atomic mass is 13.9. The summed E-state index contributed by atoms with van der Waals surface area (Å²) >= 11 is 0. The Morgan fingerprint density at radius 1 is 1.18 bits per heavy atom. The number of allylic oxidation sites excluding steroid dienone is 4. The van der Waals surface area contributed by atoms with E-state index in [4.69, 9.17) is 0 Å². The molecule has 0 spiro atoms. The van der Waals surface area contributed by atoms with Crippen LogP contribution in [0.25, 0.3) is 0 Å². The lowest BCUT2D eigenvalue weighted by atomic mass is 10.1. The highest BCUT2D eigenvalue weighted by molar-refractivity contribution is 5.21. The van der Waals surface area contributed by atoms with Gasteiger partial charge in [-0.05, 0) is 26.7 Å². The summed E-state index contributed by atoms with van der Waals surface area (Å²) in [5.74, 6) is 0. The van der Waals surface area contributed by atoms with Crippen molar-refractivity contribution in [1.82, 2.24) is 0 Å². The Morgan fingerprint density at radius 2 is 1.82 bits per heavy atom. The van der Waals surface area contributed by atoms with Gasteiger partial charge in [-0.15, -0.1) is 0 Å². The van der Waals surface area contributed by atoms with Gasteiger partial charge in [-0.2, -0.15) is 0 Å². The summed E-state index contributed by atoms with van der Waals surface area (Å²) < 4.78 is 0. The van der Waals surface area contributed by atoms with Gasteiger partial charge in [-0.1, -0.05) is 43.6 Å². The SMILES string of the molecule is CCCC=CC(C)=C(C)CC. The van der Waals surface area contributed by atoms with E-state index in [-0.39, 0.29) is 0 Å². The minimum absolute atomic E-state index is 1.17. The maximum atomic E-state index is 2.26. The Morgan fingerprint density at radius 3 is 2.27 bits per heavy atom. The van der Waals surface area contributed by atoms with Crippen LogP contribution in [0.2, 0.25) is 0 Å². The molecule has 0 aliphatic rings. The highest BCUT2D eigenvalue weighted by Gasteiger charge is 1.87. The third-order valence-electron chi connectivity index (χ3n) is 2.03. The summed E-state index contributed by atoms with van der Waals surface area (Å²) in [6.07, 6.45) is 8.11. The molecule has 11 heavy (non-hydrogen) atoms. The van der Waals surface area contributed by atoms with Gasteiger partial charge in [-0.25, -0.2) is 0 Å². The van der Waals surface area contributed by atoms with Crippen molar-refractivity contribution in [2.45, 2.75) is 47.0 Å². The predicted octanol–water partition coefficient (Wildman–Crippen LogP) is 4.09. The van der Waals surface area contributed by atoms with E-state index in [0.29, 0.717) is 0 Å². The molecule has 0 saturated carbocycles. The standard InChI is InChI=1S/C11H20/c1-5-7-8-9-11(4)10(3)6-2/h8-9H,5-7H2,1-4H3. The monoisotopic (exact) mass is 152 g/mol. The Kier molecular flexibility index (Phi) is 5.91. The van der Waals surface area contributed by atoms with Crippen LogP contribution in [0, 0.1) is 0 Å². The fraction of sp³-hybridized carbons (Fsp3) is 0.636. The molecule has 0 nitrogen and oxygen atoms in total. The Hall–Kier alpha value is -0.520. The fourth-order valence-electron chi connectivity index (χ4n) is 0.848. The van der Waals surface area contributed by atoms with Crippen molar-refractivity contribution in [3.05, 3.63) is 23.3 Å². The molecule has 0 aromatic heterocycles. The number of hydrogen-bond donors (Lipinski definition) is 0. The van der Waals surface area contributed by atoms with Gasteiger partial charge in [0.05, 0.1) is 0 Å². The topological polar surface area (TPSA) is 0 Å². The van der Waals surface area contributed by atoms with E-state index >= 15 is 0 Å². The van der Waals surface area contributed by atoms with Gasteiger partial charge in [0.1, 0.15) is 0 Å². The fourth-order valence-corrected chi connectivity index (χ4v) is 0.848. The van der Waals surface area contributed by atoms with E-state index in [1.54, 1.807) is 0 Å². The molecule has 0 N–H and O–H groups in total. The van der Waals surface area contributed by atoms with E-state index in [0.717, 1.165) is 0 Å². The maximum Gasteiger partial charge on any atom is -0.0346 e. The molecule has 0 fully saturated rings. The lowest BCUT2D eigenvalue weighted by Gasteiger charge is -1.98. The first-order valence-corrected chi connectivity index (χ1v) is 4.55. The lowest BCUT2D eigenvalue weighted by Crippen LogP contribution is -1.77. The van der Waals surface area contributed by atoms with Gasteiger partial charge < -0.3 is 0 Å². The Balaban J connectivity index is 3.93. The predicted molar refractivity (Wildman–Crippen MR) is 52.7 cm³/mol. The summed E-state index contributed by atoms with van der Waals surface area (Å²) in [6.45, 7) is 8.79. The second kappa shape index (κ2) is 6.21. The zero-order valence-electron chi connectivity index (χ0n) is 8.28. The van der Waals surface area contributed by atoms with E-state index in [9.17, 15) is 0 Å². The zero-order valence-corrected chi connectivity index (χ0v) is 8.28. The average Bonchev–Trinajstić information content (AvgIpc) is 2.03. The van der Waals surface area contributed by atoms with Gasteiger partial charge in [0.2, 0.25) is 0 Å². The van der Waals surface area contributed by atoms with Crippen LogP contribution < -0.4 is 0 Å². The second-order valence-electron chi connectivity index (χ2n) is 3.01. The van der Waals surface area contributed by atoms with Gasteiger partial charge in [0.25, 0.3) is 0 Å². The molecule has 0 aliphatic carbocycles. The van der Waals surface area contributed by atoms with Crippen LogP contribution in [0.1, 0.15) is 47.0 Å². The summed E-state index contributed by atoms with van der Waals surface area (Å²) in [5, 5.41) is 0. The van der Waals surface area contributed by atoms with Crippen LogP contribution >= 0.6 is 0 Å². The molecule has 0 radical (unpaired) electrons. The second-order valence-corrected chi connectivity index (χ2v) is 3.01. The van der Waals surface area contributed by atoms with Crippen molar-refractivity contribution in [1.29, 1.82) is 0 Å². The van der Waals surface area contributed by atoms with Crippen molar-refractivity contribution in [3.63, 3.8) is 0 Å². The summed E-state index contributed by atoms with van der Waals surface area (Å²) in [4.78, 5) is 0. The van der Waals surface area contributed by atoms with Gasteiger partial charge in [0.15, 0.2) is 0 Å². The van der Waals surface area contributed by atoms with Crippen LogP contribution in [-0.2, 0) is 0 Å². The van der Waals surface area contributed by atoms with Gasteiger partial charge in [0, 0.05) is 0 Å². The van der Waals surface area contributed by atoms with Crippen LogP contribution in [0.15, 0.2) is 23.3 Å². The lowest BCUT2D eigenvalue weighted by molar-refractivity contribution is 0.956. The van der Waals surface area contributed by atoms with Gasteiger partial charge >= 0.3 is 0 Å². The molecule has 0 heteroatoms. The highest BCUT2D eigenvalue weighted by Crippen LogP contribution is 2.08. The molecule has 0 heterocycles. The molecular formula is C11H20. The number of hydrogen-bond acceptors (Lipinski definition) is 0. The molecule has 0 aromatic carbocycles. The molecule has 64 valence electrons. The van der Waals surface area contributed by atoms with Crippen LogP contribution in [0.4, 0.5) is 0 Å². The molecule has 0 aliphatic heterocycles. The van der Waals surface area contributed by atoms with Crippen molar-refractivity contribution in [3.8, 4) is 0 Å². The first-order chi connectivity index (χ1) is 5.22. The van der Waals surface area contributed by atoms with Crippen molar-refractivity contribution in [2.75, 3.05) is 0 Å². The largest absolute Gasteiger partial charge is 0.0843 e. The molecule has 0 amide bonds. The molecule has 0 bridgehead atoms. The summed E-state index contributed by atoms with van der Waals surface area (Å²) in [5.41, 5.74) is 2.93. The van der Waals surface area contributed by atoms with Crippen molar-refractivity contribution >= 4 is 0 Å². The Bertz CT molecular complexity index is 149. The van der Waals surface area contributed by atoms with E-state index < -0.39 is 0 Å². The van der Waals surface area contributed by atoms with E-state index in [2.05, 4.69) is 39.8 Å². The molecule has 0 atom stereocenters. The quantitative estimate of drug-likeness (QED) is 0.532. The number of rotatable bonds is 4. The smallest absolute Gasteiger partial charge is 0.0346 e. The van der Waals surface area contributed by atoms with Crippen LogP contribution in [0.3, 0.4) is 0 Å². The third kappa shape index (κ3) is 4.83. The van der Waals surface area contributed by atoms with E-state index in [1.807, 2.05) is 0 Å². The normalized spacial score (nSPS) is 13.8. The molecule has 0 unspecified atom stereocenters. The zero-order chi connectivity index (χ0) is 8.69. The first-order valence-electron chi connectivity index (χ1n) is 4.55. The van der Waals surface area contributed by atoms with Crippen molar-refractivity contribution < 1.29 is 0 Å². The van der Waals surface area contributed by atoms with Gasteiger partial charge in [-0.3, -0.25) is 0 Å². The first kappa shape index (κ1) is 10.5. The summed E-state index contributed by atoms with van der Waals surface area (Å²) in [6, 6.07) is 0. The molecular weight excluding hydrogens is 132 g/mol. The van der Waals surface area contributed by atoms with Crippen LogP contribution in [0.5, 0.6) is 0 Å². The number of unbranched alkanes of at least 4 members (excludes halogenated alkanes) is 1. The maximum absolute atomic E-state index is 2.26. The molecule has 0 rings (SSSR count). The van der Waals surface area contributed by atoms with Crippen LogP contribution in [-0.4, -0.2) is 0 Å². The molecule has 0 aromatic rings. The average molecular weight is 152 g/mol.